The maximum Gasteiger partial charge on any atom is 0.237 e. The van der Waals surface area contributed by atoms with Gasteiger partial charge in [0.1, 0.15) is 6.02 Å². The Balaban J connectivity index is 2.09. The number of hydrogen-bond acceptors (Lipinski definition) is 4. The molecule has 6 unspecified atom stereocenters. The second kappa shape index (κ2) is 4.94. The van der Waals surface area contributed by atoms with Crippen LogP contribution in [0.3, 0.4) is 0 Å². The van der Waals surface area contributed by atoms with Gasteiger partial charge in [0.05, 0.1) is 22.3 Å². The van der Waals surface area contributed by atoms with Gasteiger partial charge in [-0.2, -0.15) is 5.26 Å². The maximum absolute atomic E-state index is 13.5. The zero-order valence-corrected chi connectivity index (χ0v) is 11.0. The van der Waals surface area contributed by atoms with Crippen molar-refractivity contribution in [2.24, 2.45) is 11.8 Å². The molecule has 2 N–H and O–H groups in total. The summed E-state index contributed by atoms with van der Waals surface area (Å²) in [6.45, 7) is -6.46. The Morgan fingerprint density at radius 1 is 1.50 bits per heavy atom. The predicted octanol–water partition coefficient (Wildman–Crippen LogP) is 1.17. The molecule has 4 saturated carbocycles. The predicted molar refractivity (Wildman–Crippen MR) is 80.7 cm³/mol. The second-order valence-electron chi connectivity index (χ2n) is 4.89. The number of likely N-dealkylation sites (tertiary alicyclic amines) is 1. The van der Waals surface area contributed by atoms with E-state index < -0.39 is 98.9 Å². The van der Waals surface area contributed by atoms with Crippen LogP contribution in [-0.4, -0.2) is 46.1 Å². The van der Waals surface area contributed by atoms with E-state index in [1.165, 1.54) is 11.4 Å². The topological polar surface area (TPSA) is 76.4 Å². The highest BCUT2D eigenvalue weighted by Gasteiger charge is 2.57. The summed E-state index contributed by atoms with van der Waals surface area (Å²) in [6, 6.07) is -1.93. The van der Waals surface area contributed by atoms with Gasteiger partial charge in [0.15, 0.2) is 0 Å². The van der Waals surface area contributed by atoms with Crippen LogP contribution in [0.15, 0.2) is 0 Å². The summed E-state index contributed by atoms with van der Waals surface area (Å²) in [5.41, 5.74) is -8.83. The zero-order valence-electron chi connectivity index (χ0n) is 31.0. The van der Waals surface area contributed by atoms with Crippen molar-refractivity contribution in [3.05, 3.63) is 0 Å². The van der Waals surface area contributed by atoms with Crippen LogP contribution in [0.4, 0.5) is 0 Å². The highest BCUT2D eigenvalue weighted by Crippen LogP contribution is 2.57. The number of rotatable bonds is 3. The van der Waals surface area contributed by atoms with E-state index in [0.29, 0.717) is 0 Å². The molecule has 5 heteroatoms. The summed E-state index contributed by atoms with van der Waals surface area (Å²) in [7, 11) is 0. The van der Waals surface area contributed by atoms with Gasteiger partial charge in [0.25, 0.3) is 0 Å². The average molecular weight is 324 g/mol. The molecule has 0 aromatic heterocycles. The van der Waals surface area contributed by atoms with Crippen molar-refractivity contribution in [1.82, 2.24) is 10.2 Å². The van der Waals surface area contributed by atoms with Crippen molar-refractivity contribution >= 4 is 5.91 Å². The van der Waals surface area contributed by atoms with Gasteiger partial charge in [0, 0.05) is 35.4 Å². The van der Waals surface area contributed by atoms with E-state index >= 15 is 0 Å². The van der Waals surface area contributed by atoms with E-state index in [-0.39, 0.29) is 4.90 Å². The van der Waals surface area contributed by atoms with Crippen LogP contribution in [0.1, 0.15) is 78.4 Å². The molecule has 22 heavy (non-hydrogen) atoms. The summed E-state index contributed by atoms with van der Waals surface area (Å²) in [6.07, 6.45) is -30.2. The van der Waals surface area contributed by atoms with Crippen LogP contribution < -0.4 is 5.32 Å². The Kier molecular flexibility index (Phi) is 0.962. The molecule has 4 aliphatic carbocycles. The smallest absolute Gasteiger partial charge is 0.237 e. The van der Waals surface area contributed by atoms with Crippen molar-refractivity contribution in [3.63, 3.8) is 0 Å². The lowest BCUT2D eigenvalue weighted by Crippen LogP contribution is -2.65. The van der Waals surface area contributed by atoms with Crippen LogP contribution in [-0.2, 0) is 4.79 Å². The van der Waals surface area contributed by atoms with Crippen molar-refractivity contribution in [2.45, 2.75) is 68.2 Å². The minimum atomic E-state index is -4.47. The molecule has 120 valence electrons. The van der Waals surface area contributed by atoms with E-state index in [2.05, 4.69) is 0 Å². The van der Waals surface area contributed by atoms with Gasteiger partial charge in [-0.15, -0.1) is 0 Å². The molecule has 1 aliphatic heterocycles. The van der Waals surface area contributed by atoms with Crippen LogP contribution in [0.2, 0.25) is 0 Å². The fourth-order valence-electron chi connectivity index (χ4n) is 2.46. The SMILES string of the molecule is [2H]C1C([2H])N(C(=O)C([2H])([2H])NC23C([2H])([2H])C4(O)C([2H])([2H])[C@@]([2H])(C2([2H])[2H])C([2H])([2H])[C@]([2H])(C4([2H])[2H])C3([2H])[2H])C([2H])(C#N)C1[2H]. The molecule has 5 nitrogen and oxygen atoms in total. The first-order chi connectivity index (χ1) is 18.3. The molecule has 1 amide bonds. The minimum absolute atomic E-state index is 0.212. The van der Waals surface area contributed by atoms with Gasteiger partial charge in [-0.1, -0.05) is 0 Å². The van der Waals surface area contributed by atoms with Crippen LogP contribution >= 0.6 is 0 Å². The standard InChI is InChI=1S/C17H25N3O2/c18-9-14-2-1-3-20(14)15(21)10-19-16-5-12-4-13(6-16)8-17(22,7-12)11-16/h12-14,19,22H,1-8,10-11H2/t12-,13+,14?,16?,17?/i1D,2D,3D,4D2,5D2,6D2,7D2,8D2,10D2,11D2,12D,13D,14D/t1?,2?,3?,12-,13+,14?,16?,17?. The fraction of sp³-hybridized carbons (Fsp3) is 0.882. The number of nitrogens with zero attached hydrogens (tertiary/aromatic N) is 2. The highest BCUT2D eigenvalue weighted by atomic mass is 16.3. The molecular weight excluding hydrogens is 278 g/mol. The van der Waals surface area contributed by atoms with Crippen LogP contribution in [0.25, 0.3) is 0 Å². The molecule has 0 spiro atoms. The monoisotopic (exact) mass is 323 g/mol. The fourth-order valence-corrected chi connectivity index (χ4v) is 2.46. The lowest BCUT2D eigenvalue weighted by molar-refractivity contribution is -0.147. The van der Waals surface area contributed by atoms with Gasteiger partial charge >= 0.3 is 0 Å². The maximum atomic E-state index is 13.5. The Morgan fingerprint density at radius 2 is 2.23 bits per heavy atom. The van der Waals surface area contributed by atoms with E-state index in [9.17, 15) is 15.2 Å². The largest absolute Gasteiger partial charge is 0.390 e. The number of aliphatic hydroxyl groups is 1. The molecule has 0 aromatic carbocycles. The minimum Gasteiger partial charge on any atom is -0.390 e. The third kappa shape index (κ3) is 2.33. The van der Waals surface area contributed by atoms with Gasteiger partial charge in [-0.05, 0) is 62.8 Å². The molecule has 5 fully saturated rings. The van der Waals surface area contributed by atoms with Crippen molar-refractivity contribution in [1.29, 1.82) is 5.26 Å². The molecule has 0 aromatic rings. The number of amides is 1. The van der Waals surface area contributed by atoms with Crippen LogP contribution in [0, 0.1) is 23.1 Å². The molecule has 5 rings (SSSR count). The molecule has 5 aliphatic rings. The van der Waals surface area contributed by atoms with E-state index in [1.807, 2.05) is 0 Å². The number of carbonyl (C=O) groups is 1. The van der Waals surface area contributed by atoms with Crippen molar-refractivity contribution in [2.75, 3.05) is 13.0 Å². The summed E-state index contributed by atoms with van der Waals surface area (Å²) in [5.74, 6) is -10.8. The number of nitrogens with one attached hydrogen (secondary N) is 1. The molecule has 8 atom stereocenters. The average Bonchev–Trinajstić information content (AvgIpc) is 3.01. The van der Waals surface area contributed by atoms with E-state index in [4.69, 9.17) is 27.4 Å². The first-order valence-electron chi connectivity index (χ1n) is 16.5. The second-order valence-corrected chi connectivity index (χ2v) is 4.89. The number of nitriles is 1. The zero-order chi connectivity index (χ0) is 33.3. The van der Waals surface area contributed by atoms with Gasteiger partial charge in [-0.25, -0.2) is 0 Å². The summed E-state index contributed by atoms with van der Waals surface area (Å²) >= 11 is 0. The van der Waals surface area contributed by atoms with Gasteiger partial charge < -0.3 is 15.3 Å². The van der Waals surface area contributed by atoms with E-state index in [1.54, 1.807) is 0 Å². The third-order valence-electron chi connectivity index (χ3n) is 3.29. The summed E-state index contributed by atoms with van der Waals surface area (Å²) in [4.78, 5) is 13.3. The van der Waals surface area contributed by atoms with Gasteiger partial charge in [-0.3, -0.25) is 4.79 Å². The summed E-state index contributed by atoms with van der Waals surface area (Å²) < 4.78 is 169. The quantitative estimate of drug-likeness (QED) is 0.817. The Morgan fingerprint density at radius 3 is 2.91 bits per heavy atom. The van der Waals surface area contributed by atoms with Crippen LogP contribution in [0.5, 0.6) is 0 Å². The van der Waals surface area contributed by atoms with Crippen molar-refractivity contribution < 1.29 is 37.3 Å². The van der Waals surface area contributed by atoms with E-state index in [0.717, 1.165) is 0 Å². The van der Waals surface area contributed by atoms with Crippen molar-refractivity contribution in [3.8, 4) is 6.07 Å². The summed E-state index contributed by atoms with van der Waals surface area (Å²) in [5, 5.41) is 22.4. The Bertz CT molecular complexity index is 1180. The third-order valence-corrected chi connectivity index (χ3v) is 3.29. The normalized spacial score (nSPS) is 93.8. The Labute approximate surface area is 159 Å². The number of hydrogen-bond donors (Lipinski definition) is 2. The lowest BCUT2D eigenvalue weighted by atomic mass is 9.51. The highest BCUT2D eigenvalue weighted by molar-refractivity contribution is 5.79. The lowest BCUT2D eigenvalue weighted by Gasteiger charge is -2.60. The first-order valence-corrected chi connectivity index (χ1v) is 6.31. The molecule has 1 saturated heterocycles. The Hall–Kier alpha value is -1.12. The molecule has 4 bridgehead atoms. The number of carbonyl (C=O) groups excluding carboxylic acids is 1. The molecule has 1 heterocycles. The molecular formula is C17H25N3O2. The van der Waals surface area contributed by atoms with Gasteiger partial charge in [0.2, 0.25) is 5.91 Å². The first kappa shape index (κ1) is 4.29. The molecule has 0 radical (unpaired) electrons.